The topological polar surface area (TPSA) is 75.3 Å². The largest absolute Gasteiger partial charge is 0.357 e. The van der Waals surface area contributed by atoms with Crippen molar-refractivity contribution in [3.05, 3.63) is 46.0 Å². The first kappa shape index (κ1) is 17.0. The number of hydrogen-bond acceptors (Lipinski definition) is 4. The molecule has 2 N–H and O–H groups in total. The fourth-order valence-corrected chi connectivity index (χ4v) is 3.08. The van der Waals surface area contributed by atoms with Crippen LogP contribution in [0.5, 0.6) is 0 Å². The zero-order chi connectivity index (χ0) is 17.0. The average molecular weight is 392 g/mol. The Balaban J connectivity index is 1.63. The van der Waals surface area contributed by atoms with Crippen LogP contribution in [-0.2, 0) is 12.0 Å². The van der Waals surface area contributed by atoms with Crippen molar-refractivity contribution >= 4 is 21.9 Å². The maximum absolute atomic E-state index is 5.10. The lowest BCUT2D eigenvalue weighted by Crippen LogP contribution is -2.41. The molecule has 24 heavy (non-hydrogen) atoms. The van der Waals surface area contributed by atoms with Gasteiger partial charge in [-0.2, -0.15) is 4.98 Å². The Morgan fingerprint density at radius 1 is 1.38 bits per heavy atom. The van der Waals surface area contributed by atoms with Gasteiger partial charge in [-0.15, -0.1) is 0 Å². The van der Waals surface area contributed by atoms with E-state index >= 15 is 0 Å². The third kappa shape index (κ3) is 4.14. The minimum atomic E-state index is 0.209. The number of aromatic nitrogens is 2. The number of aliphatic imine (C=N–C) groups is 1. The second-order valence-corrected chi connectivity index (χ2v) is 6.99. The van der Waals surface area contributed by atoms with Gasteiger partial charge in [-0.3, -0.25) is 0 Å². The van der Waals surface area contributed by atoms with Gasteiger partial charge in [0, 0.05) is 23.0 Å². The molecule has 0 radical (unpaired) electrons. The van der Waals surface area contributed by atoms with Gasteiger partial charge in [-0.25, -0.2) is 4.99 Å². The second-order valence-electron chi connectivity index (χ2n) is 6.07. The lowest BCUT2D eigenvalue weighted by molar-refractivity contribution is 0.376. The van der Waals surface area contributed by atoms with Gasteiger partial charge in [-0.05, 0) is 44.4 Å². The van der Waals surface area contributed by atoms with Gasteiger partial charge in [0.25, 0.3) is 0 Å². The van der Waals surface area contributed by atoms with Crippen molar-refractivity contribution in [3.63, 3.8) is 0 Å². The molecule has 0 amide bonds. The Morgan fingerprint density at radius 2 is 2.21 bits per heavy atom. The van der Waals surface area contributed by atoms with Crippen LogP contribution in [0, 0.1) is 6.92 Å². The van der Waals surface area contributed by atoms with Gasteiger partial charge < -0.3 is 15.2 Å². The van der Waals surface area contributed by atoms with E-state index in [0.717, 1.165) is 23.5 Å². The van der Waals surface area contributed by atoms with Crippen LogP contribution in [0.25, 0.3) is 0 Å². The van der Waals surface area contributed by atoms with Crippen LogP contribution in [-0.4, -0.2) is 29.2 Å². The van der Waals surface area contributed by atoms with E-state index < -0.39 is 0 Å². The first-order valence-corrected chi connectivity index (χ1v) is 8.98. The Kier molecular flexibility index (Phi) is 5.18. The number of hydrogen-bond donors (Lipinski definition) is 2. The molecule has 1 aromatic heterocycles. The summed E-state index contributed by atoms with van der Waals surface area (Å²) < 4.78 is 6.23. The highest BCUT2D eigenvalue weighted by molar-refractivity contribution is 9.10. The number of rotatable bonds is 6. The molecule has 0 aliphatic heterocycles. The van der Waals surface area contributed by atoms with E-state index in [0.29, 0.717) is 18.3 Å². The summed E-state index contributed by atoms with van der Waals surface area (Å²) in [5.41, 5.74) is 1.58. The monoisotopic (exact) mass is 391 g/mol. The van der Waals surface area contributed by atoms with E-state index in [4.69, 9.17) is 4.52 Å². The van der Waals surface area contributed by atoms with Gasteiger partial charge in [-0.1, -0.05) is 33.2 Å². The summed E-state index contributed by atoms with van der Waals surface area (Å²) in [6.07, 6.45) is 2.39. The third-order valence-electron chi connectivity index (χ3n) is 4.17. The molecule has 1 aromatic carbocycles. The average Bonchev–Trinajstić information content (AvgIpc) is 3.25. The Morgan fingerprint density at radius 3 is 2.83 bits per heavy atom. The van der Waals surface area contributed by atoms with E-state index in [1.807, 2.05) is 0 Å². The van der Waals surface area contributed by atoms with Crippen LogP contribution < -0.4 is 10.6 Å². The molecule has 128 valence electrons. The van der Waals surface area contributed by atoms with Crippen molar-refractivity contribution in [3.8, 4) is 0 Å². The van der Waals surface area contributed by atoms with Crippen LogP contribution in [0.2, 0.25) is 0 Å². The van der Waals surface area contributed by atoms with Crippen LogP contribution >= 0.6 is 15.9 Å². The molecule has 7 heteroatoms. The predicted octanol–water partition coefficient (Wildman–Crippen LogP) is 2.93. The minimum Gasteiger partial charge on any atom is -0.357 e. The maximum Gasteiger partial charge on any atom is 0.248 e. The molecular weight excluding hydrogens is 370 g/mol. The number of benzene rings is 1. The molecule has 0 unspecified atom stereocenters. The van der Waals surface area contributed by atoms with Crippen LogP contribution in [0.4, 0.5) is 0 Å². The smallest absolute Gasteiger partial charge is 0.248 e. The van der Waals surface area contributed by atoms with E-state index in [9.17, 15) is 0 Å². The Labute approximate surface area is 150 Å². The summed E-state index contributed by atoms with van der Waals surface area (Å²) in [6.45, 7) is 5.89. The first-order valence-electron chi connectivity index (χ1n) is 8.19. The fraction of sp³-hybridized carbons (Fsp3) is 0.471. The summed E-state index contributed by atoms with van der Waals surface area (Å²) in [6, 6.07) is 8.56. The molecule has 0 bridgehead atoms. The number of guanidine groups is 1. The summed E-state index contributed by atoms with van der Waals surface area (Å²) in [5, 5.41) is 10.5. The van der Waals surface area contributed by atoms with E-state index in [2.05, 4.69) is 72.9 Å². The molecule has 0 atom stereocenters. The molecule has 6 nitrogen and oxygen atoms in total. The first-order chi connectivity index (χ1) is 11.6. The Hall–Kier alpha value is -1.89. The van der Waals surface area contributed by atoms with Gasteiger partial charge in [0.05, 0.1) is 0 Å². The SMILES string of the molecule is CCNC(=NCc1nc(C)no1)NCC1(c2cccc(Br)c2)CC1. The molecule has 0 saturated heterocycles. The standard InChI is InChI=1S/C17H22BrN5O/c1-3-19-16(20-10-15-22-12(2)23-24-15)21-11-17(7-8-17)13-5-4-6-14(18)9-13/h4-6,9H,3,7-8,10-11H2,1-2H3,(H2,19,20,21). The predicted molar refractivity (Wildman–Crippen MR) is 96.9 cm³/mol. The van der Waals surface area contributed by atoms with Crippen LogP contribution in [0.15, 0.2) is 38.3 Å². The van der Waals surface area contributed by atoms with E-state index in [1.165, 1.54) is 18.4 Å². The summed E-state index contributed by atoms with van der Waals surface area (Å²) in [7, 11) is 0. The van der Waals surface area contributed by atoms with Crippen molar-refractivity contribution < 1.29 is 4.52 Å². The van der Waals surface area contributed by atoms with Crippen molar-refractivity contribution in [1.82, 2.24) is 20.8 Å². The summed E-state index contributed by atoms with van der Waals surface area (Å²) >= 11 is 3.56. The van der Waals surface area contributed by atoms with Crippen molar-refractivity contribution in [2.75, 3.05) is 13.1 Å². The molecule has 0 spiro atoms. The summed E-state index contributed by atoms with van der Waals surface area (Å²) in [5.74, 6) is 1.93. The minimum absolute atomic E-state index is 0.209. The second kappa shape index (κ2) is 7.34. The molecule has 3 rings (SSSR count). The van der Waals surface area contributed by atoms with E-state index in [1.54, 1.807) is 6.92 Å². The number of halogens is 1. The molecule has 1 fully saturated rings. The highest BCUT2D eigenvalue weighted by Crippen LogP contribution is 2.48. The van der Waals surface area contributed by atoms with Crippen molar-refractivity contribution in [1.29, 1.82) is 0 Å². The van der Waals surface area contributed by atoms with Crippen LogP contribution in [0.3, 0.4) is 0 Å². The number of aryl methyl sites for hydroxylation is 1. The highest BCUT2D eigenvalue weighted by Gasteiger charge is 2.44. The van der Waals surface area contributed by atoms with Gasteiger partial charge in [0.15, 0.2) is 11.8 Å². The van der Waals surface area contributed by atoms with Gasteiger partial charge in [0.2, 0.25) is 5.89 Å². The number of nitrogens with zero attached hydrogens (tertiary/aromatic N) is 3. The molecule has 1 aliphatic carbocycles. The zero-order valence-electron chi connectivity index (χ0n) is 14.0. The molecule has 1 aliphatic rings. The normalized spacial score (nSPS) is 16.0. The van der Waals surface area contributed by atoms with Crippen molar-refractivity contribution in [2.45, 2.75) is 38.6 Å². The lowest BCUT2D eigenvalue weighted by Gasteiger charge is -2.19. The Bertz CT molecular complexity index is 723. The molecular formula is C17H22BrN5O. The van der Waals surface area contributed by atoms with Crippen molar-refractivity contribution in [2.24, 2.45) is 4.99 Å². The quantitative estimate of drug-likeness (QED) is 0.584. The number of nitrogens with one attached hydrogen (secondary N) is 2. The molecule has 2 aromatic rings. The summed E-state index contributed by atoms with van der Waals surface area (Å²) in [4.78, 5) is 8.70. The molecule has 1 saturated carbocycles. The lowest BCUT2D eigenvalue weighted by atomic mass is 9.96. The zero-order valence-corrected chi connectivity index (χ0v) is 15.6. The third-order valence-corrected chi connectivity index (χ3v) is 4.66. The van der Waals surface area contributed by atoms with E-state index in [-0.39, 0.29) is 5.41 Å². The highest BCUT2D eigenvalue weighted by atomic mass is 79.9. The van der Waals surface area contributed by atoms with Crippen LogP contribution in [0.1, 0.15) is 37.0 Å². The van der Waals surface area contributed by atoms with Gasteiger partial charge >= 0.3 is 0 Å². The van der Waals surface area contributed by atoms with Gasteiger partial charge in [0.1, 0.15) is 6.54 Å². The molecule has 1 heterocycles. The maximum atomic E-state index is 5.10. The fourth-order valence-electron chi connectivity index (χ4n) is 2.68.